The number of hydrogen-bond donors (Lipinski definition) is 0. The molecule has 1 aliphatic rings. The van der Waals surface area contributed by atoms with E-state index in [9.17, 15) is 0 Å². The van der Waals surface area contributed by atoms with Gasteiger partial charge in [0.1, 0.15) is 0 Å². The molecule has 0 saturated heterocycles. The minimum absolute atomic E-state index is 0.227. The van der Waals surface area contributed by atoms with Crippen LogP contribution in [-0.4, -0.2) is 7.11 Å². The van der Waals surface area contributed by atoms with Crippen LogP contribution >= 0.6 is 0 Å². The van der Waals surface area contributed by atoms with E-state index in [4.69, 9.17) is 4.74 Å². The smallest absolute Gasteiger partial charge is 0.0818 e. The molecule has 3 rings (SSSR count). The van der Waals surface area contributed by atoms with E-state index < -0.39 is 0 Å². The maximum atomic E-state index is 5.55. The minimum Gasteiger partial charge on any atom is -0.377 e. The predicted octanol–water partition coefficient (Wildman–Crippen LogP) is 7.26. The molecule has 1 saturated carbocycles. The van der Waals surface area contributed by atoms with Crippen molar-refractivity contribution in [3.05, 3.63) is 76.9 Å². The van der Waals surface area contributed by atoms with Crippen LogP contribution in [0.4, 0.5) is 0 Å². The molecule has 2 aromatic rings. The van der Waals surface area contributed by atoms with Crippen molar-refractivity contribution in [2.75, 3.05) is 7.11 Å². The van der Waals surface area contributed by atoms with E-state index in [1.54, 1.807) is 7.11 Å². The van der Waals surface area contributed by atoms with Crippen molar-refractivity contribution in [1.82, 2.24) is 0 Å². The standard InChI is InChI=1S/C25H32O/c1-4-6-19-7-9-20(10-8-19)21-11-13-22(14-12-21)23-15-17-24(18-16-23)25(5-2)26-3/h4,6-10,15-18,21-22,25H,5,11-14H2,1-3H3/b6-4-. The first-order valence-electron chi connectivity index (χ1n) is 10.1. The Kier molecular flexibility index (Phi) is 6.68. The Morgan fingerprint density at radius 2 is 1.38 bits per heavy atom. The topological polar surface area (TPSA) is 9.23 Å². The van der Waals surface area contributed by atoms with Crippen LogP contribution in [0.3, 0.4) is 0 Å². The molecule has 0 heterocycles. The minimum atomic E-state index is 0.227. The summed E-state index contributed by atoms with van der Waals surface area (Å²) >= 11 is 0. The number of benzene rings is 2. The lowest BCUT2D eigenvalue weighted by Crippen LogP contribution is -2.12. The number of allylic oxidation sites excluding steroid dienone is 1. The Balaban J connectivity index is 1.59. The molecular weight excluding hydrogens is 316 g/mol. The summed E-state index contributed by atoms with van der Waals surface area (Å²) in [6, 6.07) is 18.3. The van der Waals surface area contributed by atoms with Crippen molar-refractivity contribution in [3.8, 4) is 0 Å². The summed E-state index contributed by atoms with van der Waals surface area (Å²) in [6.07, 6.45) is 10.7. The molecule has 1 heteroatoms. The zero-order valence-electron chi connectivity index (χ0n) is 16.4. The third-order valence-electron chi connectivity index (χ3n) is 5.93. The molecular formula is C25H32O. The molecule has 0 spiro atoms. The van der Waals surface area contributed by atoms with E-state index in [0.717, 1.165) is 12.3 Å². The molecule has 0 radical (unpaired) electrons. The van der Waals surface area contributed by atoms with Crippen molar-refractivity contribution in [2.24, 2.45) is 0 Å². The average molecular weight is 349 g/mol. The molecule has 0 bridgehead atoms. The molecule has 1 unspecified atom stereocenters. The van der Waals surface area contributed by atoms with Gasteiger partial charge < -0.3 is 4.74 Å². The molecule has 1 fully saturated rings. The van der Waals surface area contributed by atoms with Crippen LogP contribution in [0.2, 0.25) is 0 Å². The normalized spacial score (nSPS) is 21.8. The van der Waals surface area contributed by atoms with Crippen LogP contribution in [0.5, 0.6) is 0 Å². The lowest BCUT2D eigenvalue weighted by atomic mass is 9.76. The fraction of sp³-hybridized carbons (Fsp3) is 0.440. The van der Waals surface area contributed by atoms with Crippen molar-refractivity contribution < 1.29 is 4.74 Å². The second kappa shape index (κ2) is 9.19. The quantitative estimate of drug-likeness (QED) is 0.534. The molecule has 26 heavy (non-hydrogen) atoms. The highest BCUT2D eigenvalue weighted by Crippen LogP contribution is 2.40. The first-order valence-corrected chi connectivity index (χ1v) is 10.1. The van der Waals surface area contributed by atoms with E-state index >= 15 is 0 Å². The molecule has 138 valence electrons. The van der Waals surface area contributed by atoms with Crippen LogP contribution in [0, 0.1) is 0 Å². The van der Waals surface area contributed by atoms with Crippen LogP contribution in [-0.2, 0) is 4.74 Å². The van der Waals surface area contributed by atoms with Crippen LogP contribution in [0.15, 0.2) is 54.6 Å². The number of hydrogen-bond acceptors (Lipinski definition) is 1. The van der Waals surface area contributed by atoms with Gasteiger partial charge in [-0.2, -0.15) is 0 Å². The van der Waals surface area contributed by atoms with Crippen molar-refractivity contribution in [2.45, 2.75) is 63.9 Å². The van der Waals surface area contributed by atoms with Gasteiger partial charge in [0.25, 0.3) is 0 Å². The van der Waals surface area contributed by atoms with Gasteiger partial charge in [-0.05, 0) is 73.1 Å². The Bertz CT molecular complexity index is 684. The monoisotopic (exact) mass is 348 g/mol. The van der Waals surface area contributed by atoms with Crippen molar-refractivity contribution >= 4 is 6.08 Å². The summed E-state index contributed by atoms with van der Waals surface area (Å²) in [7, 11) is 1.80. The largest absolute Gasteiger partial charge is 0.377 e. The summed E-state index contributed by atoms with van der Waals surface area (Å²) in [5, 5.41) is 0. The van der Waals surface area contributed by atoms with Gasteiger partial charge in [-0.1, -0.05) is 67.6 Å². The molecule has 1 atom stereocenters. The van der Waals surface area contributed by atoms with E-state index in [-0.39, 0.29) is 6.10 Å². The molecule has 0 aromatic heterocycles. The molecule has 2 aromatic carbocycles. The zero-order valence-corrected chi connectivity index (χ0v) is 16.4. The second-order valence-electron chi connectivity index (χ2n) is 7.51. The van der Waals surface area contributed by atoms with Gasteiger partial charge in [0, 0.05) is 7.11 Å². The Hall–Kier alpha value is -1.86. The molecule has 0 N–H and O–H groups in total. The van der Waals surface area contributed by atoms with E-state index in [1.807, 2.05) is 0 Å². The van der Waals surface area contributed by atoms with Crippen LogP contribution < -0.4 is 0 Å². The van der Waals surface area contributed by atoms with E-state index in [1.165, 1.54) is 47.9 Å². The number of rotatable bonds is 6. The summed E-state index contributed by atoms with van der Waals surface area (Å²) in [6.45, 7) is 4.24. The van der Waals surface area contributed by atoms with Crippen molar-refractivity contribution in [1.29, 1.82) is 0 Å². The third-order valence-corrected chi connectivity index (χ3v) is 5.93. The molecule has 0 amide bonds. The molecule has 1 aliphatic carbocycles. The fourth-order valence-corrected chi connectivity index (χ4v) is 4.35. The highest BCUT2D eigenvalue weighted by Gasteiger charge is 2.23. The van der Waals surface area contributed by atoms with E-state index in [0.29, 0.717) is 5.92 Å². The maximum Gasteiger partial charge on any atom is 0.0818 e. The van der Waals surface area contributed by atoms with Gasteiger partial charge >= 0.3 is 0 Å². The number of ether oxygens (including phenoxy) is 1. The SMILES string of the molecule is C/C=C\c1ccc(C2CCC(c3ccc(C(CC)OC)cc3)CC2)cc1. The summed E-state index contributed by atoms with van der Waals surface area (Å²) in [4.78, 5) is 0. The zero-order chi connectivity index (χ0) is 18.4. The molecule has 1 nitrogen and oxygen atoms in total. The summed E-state index contributed by atoms with van der Waals surface area (Å²) in [5.74, 6) is 1.44. The second-order valence-corrected chi connectivity index (χ2v) is 7.51. The summed E-state index contributed by atoms with van der Waals surface area (Å²) < 4.78 is 5.55. The van der Waals surface area contributed by atoms with Gasteiger partial charge in [-0.3, -0.25) is 0 Å². The lowest BCUT2D eigenvalue weighted by Gasteiger charge is -2.29. The van der Waals surface area contributed by atoms with Crippen LogP contribution in [0.1, 0.15) is 86.1 Å². The van der Waals surface area contributed by atoms with Gasteiger partial charge in [0.15, 0.2) is 0 Å². The van der Waals surface area contributed by atoms with Gasteiger partial charge in [-0.25, -0.2) is 0 Å². The van der Waals surface area contributed by atoms with Crippen LogP contribution in [0.25, 0.3) is 6.08 Å². The Morgan fingerprint density at radius 3 is 1.81 bits per heavy atom. The first kappa shape index (κ1) is 18.9. The van der Waals surface area contributed by atoms with Gasteiger partial charge in [-0.15, -0.1) is 0 Å². The average Bonchev–Trinajstić information content (AvgIpc) is 2.71. The highest BCUT2D eigenvalue weighted by atomic mass is 16.5. The molecule has 0 aliphatic heterocycles. The summed E-state index contributed by atoms with van der Waals surface area (Å²) in [5.41, 5.74) is 5.61. The number of methoxy groups -OCH3 is 1. The Labute approximate surface area is 159 Å². The predicted molar refractivity (Wildman–Crippen MR) is 112 cm³/mol. The van der Waals surface area contributed by atoms with Crippen molar-refractivity contribution in [3.63, 3.8) is 0 Å². The Morgan fingerprint density at radius 1 is 0.885 bits per heavy atom. The van der Waals surface area contributed by atoms with E-state index in [2.05, 4.69) is 74.5 Å². The first-order chi connectivity index (χ1) is 12.7. The van der Waals surface area contributed by atoms with Gasteiger partial charge in [0.2, 0.25) is 0 Å². The lowest BCUT2D eigenvalue weighted by molar-refractivity contribution is 0.100. The highest BCUT2D eigenvalue weighted by molar-refractivity contribution is 5.49. The fourth-order valence-electron chi connectivity index (χ4n) is 4.35. The van der Waals surface area contributed by atoms with Gasteiger partial charge in [0.05, 0.1) is 6.10 Å². The third kappa shape index (κ3) is 4.45. The maximum absolute atomic E-state index is 5.55.